The minimum atomic E-state index is -4.56. The molecule has 0 bridgehead atoms. The van der Waals surface area contributed by atoms with Gasteiger partial charge in [0.1, 0.15) is 5.56 Å². The zero-order valence-electron chi connectivity index (χ0n) is 16.9. The second-order valence-electron chi connectivity index (χ2n) is 7.28. The smallest absolute Gasteiger partial charge is 0.421 e. The van der Waals surface area contributed by atoms with Gasteiger partial charge in [0, 0.05) is 18.9 Å². The van der Waals surface area contributed by atoms with Gasteiger partial charge in [-0.25, -0.2) is 4.98 Å². The van der Waals surface area contributed by atoms with Crippen molar-refractivity contribution in [3.05, 3.63) is 41.6 Å². The molecule has 2 rings (SSSR count). The lowest BCUT2D eigenvalue weighted by Crippen LogP contribution is -2.20. The number of halogens is 3. The Morgan fingerprint density at radius 2 is 1.79 bits per heavy atom. The summed E-state index contributed by atoms with van der Waals surface area (Å²) in [6, 6.07) is 7.48. The summed E-state index contributed by atoms with van der Waals surface area (Å²) >= 11 is 0. The lowest BCUT2D eigenvalue weighted by molar-refractivity contribution is -0.137. The highest BCUT2D eigenvalue weighted by atomic mass is 19.4. The number of rotatable bonds is 9. The van der Waals surface area contributed by atoms with Gasteiger partial charge >= 0.3 is 12.2 Å². The average Bonchev–Trinajstić information content (AvgIpc) is 2.65. The quantitative estimate of drug-likeness (QED) is 0.486. The number of ether oxygens (including phenoxy) is 1. The molecule has 0 aliphatic heterocycles. The molecule has 0 spiro atoms. The first-order valence-electron chi connectivity index (χ1n) is 9.62. The monoisotopic (exact) mass is 395 g/mol. The van der Waals surface area contributed by atoms with E-state index in [-0.39, 0.29) is 17.7 Å². The molecular weight excluding hydrogens is 367 g/mol. The van der Waals surface area contributed by atoms with Crippen molar-refractivity contribution in [2.75, 3.05) is 18.6 Å². The third-order valence-corrected chi connectivity index (χ3v) is 4.31. The summed E-state index contributed by atoms with van der Waals surface area (Å²) in [6.45, 7) is 6.37. The molecule has 0 amide bonds. The van der Waals surface area contributed by atoms with Crippen LogP contribution < -0.4 is 9.64 Å². The van der Waals surface area contributed by atoms with Gasteiger partial charge in [0.15, 0.2) is 5.82 Å². The fourth-order valence-corrected chi connectivity index (χ4v) is 2.71. The van der Waals surface area contributed by atoms with Crippen LogP contribution in [0.15, 0.2) is 30.5 Å². The number of nitrogens with zero attached hydrogens (tertiary/aromatic N) is 3. The van der Waals surface area contributed by atoms with Gasteiger partial charge in [-0.3, -0.25) is 0 Å². The molecule has 0 aliphatic rings. The topological polar surface area (TPSA) is 38.2 Å². The fraction of sp³-hybridized carbons (Fsp3) is 0.524. The van der Waals surface area contributed by atoms with Crippen LogP contribution in [0, 0.1) is 5.92 Å². The van der Waals surface area contributed by atoms with Crippen molar-refractivity contribution in [2.45, 2.75) is 52.6 Å². The highest BCUT2D eigenvalue weighted by Gasteiger charge is 2.36. The van der Waals surface area contributed by atoms with Crippen LogP contribution in [0.4, 0.5) is 24.7 Å². The minimum absolute atomic E-state index is 0.0558. The Bertz CT molecular complexity index is 746. The number of alkyl halides is 3. The number of aromatic nitrogens is 2. The number of hydrogen-bond donors (Lipinski definition) is 0. The van der Waals surface area contributed by atoms with Crippen LogP contribution >= 0.6 is 0 Å². The van der Waals surface area contributed by atoms with E-state index in [1.54, 1.807) is 7.05 Å². The lowest BCUT2D eigenvalue weighted by Gasteiger charge is -2.23. The van der Waals surface area contributed by atoms with Crippen LogP contribution in [-0.4, -0.2) is 23.6 Å². The Morgan fingerprint density at radius 1 is 1.11 bits per heavy atom. The Kier molecular flexibility index (Phi) is 7.66. The Balaban J connectivity index is 2.28. The number of unbranched alkanes of at least 4 members (excludes halogenated alkanes) is 2. The summed E-state index contributed by atoms with van der Waals surface area (Å²) in [4.78, 5) is 9.19. The lowest BCUT2D eigenvalue weighted by atomic mass is 10.1. The highest BCUT2D eigenvalue weighted by Crippen LogP contribution is 2.37. The molecule has 1 aromatic carbocycles. The van der Waals surface area contributed by atoms with E-state index in [2.05, 4.69) is 16.9 Å². The van der Waals surface area contributed by atoms with E-state index < -0.39 is 11.7 Å². The van der Waals surface area contributed by atoms with E-state index in [1.165, 1.54) is 10.5 Å². The summed E-state index contributed by atoms with van der Waals surface area (Å²) in [5.74, 6) is -0.00712. The van der Waals surface area contributed by atoms with Gasteiger partial charge in [0.25, 0.3) is 0 Å². The number of anilines is 2. The average molecular weight is 395 g/mol. The molecule has 0 saturated heterocycles. The van der Waals surface area contributed by atoms with Gasteiger partial charge < -0.3 is 9.64 Å². The molecule has 28 heavy (non-hydrogen) atoms. The maximum absolute atomic E-state index is 13.5. The first-order chi connectivity index (χ1) is 13.2. The van der Waals surface area contributed by atoms with Crippen molar-refractivity contribution in [3.63, 3.8) is 0 Å². The van der Waals surface area contributed by atoms with E-state index in [4.69, 9.17) is 4.74 Å². The molecule has 0 radical (unpaired) electrons. The van der Waals surface area contributed by atoms with Crippen molar-refractivity contribution in [1.29, 1.82) is 0 Å². The summed E-state index contributed by atoms with van der Waals surface area (Å²) < 4.78 is 45.8. The van der Waals surface area contributed by atoms with Crippen molar-refractivity contribution in [2.24, 2.45) is 5.92 Å². The molecule has 0 fully saturated rings. The molecule has 154 valence electrons. The largest absolute Gasteiger partial charge is 0.463 e. The van der Waals surface area contributed by atoms with Crippen molar-refractivity contribution in [3.8, 4) is 6.01 Å². The molecule has 4 nitrogen and oxygen atoms in total. The number of aryl methyl sites for hydroxylation is 1. The zero-order valence-corrected chi connectivity index (χ0v) is 16.9. The second-order valence-corrected chi connectivity index (χ2v) is 7.28. The summed E-state index contributed by atoms with van der Waals surface area (Å²) in [5.41, 5.74) is 0.905. The van der Waals surface area contributed by atoms with E-state index in [0.29, 0.717) is 12.3 Å². The van der Waals surface area contributed by atoms with E-state index in [1.807, 2.05) is 38.1 Å². The molecular formula is C21H28F3N3O. The molecule has 2 aromatic rings. The van der Waals surface area contributed by atoms with Crippen LogP contribution in [0.5, 0.6) is 6.01 Å². The number of benzene rings is 1. The fourth-order valence-electron chi connectivity index (χ4n) is 2.71. The van der Waals surface area contributed by atoms with Gasteiger partial charge in [-0.2, -0.15) is 18.2 Å². The van der Waals surface area contributed by atoms with Gasteiger partial charge in [0.2, 0.25) is 0 Å². The van der Waals surface area contributed by atoms with Gasteiger partial charge in [-0.15, -0.1) is 0 Å². The minimum Gasteiger partial charge on any atom is -0.463 e. The van der Waals surface area contributed by atoms with E-state index in [0.717, 1.165) is 31.9 Å². The second kappa shape index (κ2) is 9.75. The third-order valence-electron chi connectivity index (χ3n) is 4.31. The van der Waals surface area contributed by atoms with Crippen molar-refractivity contribution < 1.29 is 17.9 Å². The molecule has 7 heteroatoms. The van der Waals surface area contributed by atoms with Crippen molar-refractivity contribution >= 4 is 11.5 Å². The maximum Gasteiger partial charge on any atom is 0.421 e. The molecule has 0 N–H and O–H groups in total. The Labute approximate surface area is 164 Å². The van der Waals surface area contributed by atoms with Crippen molar-refractivity contribution in [1.82, 2.24) is 9.97 Å². The summed E-state index contributed by atoms with van der Waals surface area (Å²) in [5, 5.41) is 0. The molecule has 0 saturated carbocycles. The van der Waals surface area contributed by atoms with E-state index in [9.17, 15) is 13.2 Å². The van der Waals surface area contributed by atoms with Crippen LogP contribution in [0.1, 0.15) is 51.2 Å². The van der Waals surface area contributed by atoms with Crippen LogP contribution in [0.3, 0.4) is 0 Å². The van der Waals surface area contributed by atoms with Crippen LogP contribution in [0.25, 0.3) is 0 Å². The van der Waals surface area contributed by atoms with E-state index >= 15 is 0 Å². The normalized spacial score (nSPS) is 11.7. The maximum atomic E-state index is 13.5. The predicted molar refractivity (Wildman–Crippen MR) is 105 cm³/mol. The summed E-state index contributed by atoms with van der Waals surface area (Å²) in [6.07, 6.45) is 0.610. The Morgan fingerprint density at radius 3 is 2.36 bits per heavy atom. The molecule has 0 unspecified atom stereocenters. The van der Waals surface area contributed by atoms with Gasteiger partial charge in [-0.1, -0.05) is 45.7 Å². The zero-order chi connectivity index (χ0) is 20.7. The molecule has 1 aromatic heterocycles. The molecule has 0 atom stereocenters. The molecule has 1 heterocycles. The number of hydrogen-bond acceptors (Lipinski definition) is 4. The van der Waals surface area contributed by atoms with Crippen LogP contribution in [0.2, 0.25) is 0 Å². The standard InChI is InChI=1S/C21H28F3N3O/c1-5-6-7-8-16-9-11-17(12-10-16)27(4)19-18(21(22,23)24)13-25-20(26-19)28-14-15(2)3/h9-13,15H,5-8,14H2,1-4H3. The highest BCUT2D eigenvalue weighted by molar-refractivity contribution is 5.63. The summed E-state index contributed by atoms with van der Waals surface area (Å²) in [7, 11) is 1.57. The third kappa shape index (κ3) is 6.11. The SMILES string of the molecule is CCCCCc1ccc(N(C)c2nc(OCC(C)C)ncc2C(F)(F)F)cc1. The van der Waals surface area contributed by atoms with Gasteiger partial charge in [0.05, 0.1) is 6.61 Å². The Hall–Kier alpha value is -2.31. The van der Waals surface area contributed by atoms with Crippen LogP contribution in [-0.2, 0) is 12.6 Å². The predicted octanol–water partition coefficient (Wildman–Crippen LogP) is 6.03. The molecule has 0 aliphatic carbocycles. The first-order valence-corrected chi connectivity index (χ1v) is 9.62. The first kappa shape index (κ1) is 22.0. The van der Waals surface area contributed by atoms with Gasteiger partial charge in [-0.05, 0) is 36.5 Å².